The van der Waals surface area contributed by atoms with Crippen LogP contribution >= 0.6 is 27.7 Å². The molecule has 0 fully saturated rings. The molecule has 0 aliphatic rings. The highest BCUT2D eigenvalue weighted by Crippen LogP contribution is 2.16. The Bertz CT molecular complexity index is 281. The molecule has 1 aromatic rings. The first-order chi connectivity index (χ1) is 6.76. The van der Waals surface area contributed by atoms with E-state index in [1.807, 2.05) is 18.0 Å². The zero-order chi connectivity index (χ0) is 10.4. The van der Waals surface area contributed by atoms with Crippen molar-refractivity contribution in [2.24, 2.45) is 0 Å². The quantitative estimate of drug-likeness (QED) is 0.891. The van der Waals surface area contributed by atoms with Crippen LogP contribution in [0.25, 0.3) is 0 Å². The number of rotatable bonds is 5. The number of nitrogens with one attached hydrogen (secondary N) is 1. The normalized spacial score (nSPS) is 12.5. The van der Waals surface area contributed by atoms with Crippen LogP contribution in [-0.4, -0.2) is 23.0 Å². The molecule has 0 radical (unpaired) electrons. The molecule has 1 heterocycles. The van der Waals surface area contributed by atoms with Crippen molar-refractivity contribution < 1.29 is 0 Å². The third kappa shape index (κ3) is 3.88. The Labute approximate surface area is 98.0 Å². The summed E-state index contributed by atoms with van der Waals surface area (Å²) >= 11 is 5.27. The van der Waals surface area contributed by atoms with Crippen molar-refractivity contribution in [3.8, 4) is 0 Å². The molecule has 0 aromatic carbocycles. The van der Waals surface area contributed by atoms with Gasteiger partial charge in [-0.3, -0.25) is 4.98 Å². The van der Waals surface area contributed by atoms with Crippen LogP contribution in [0.4, 0.5) is 5.69 Å². The van der Waals surface area contributed by atoms with E-state index in [0.29, 0.717) is 6.04 Å². The van der Waals surface area contributed by atoms with E-state index >= 15 is 0 Å². The smallest absolute Gasteiger partial charge is 0.0540 e. The number of pyridine rings is 1. The van der Waals surface area contributed by atoms with Crippen LogP contribution in [0.3, 0.4) is 0 Å². The number of aromatic nitrogens is 1. The van der Waals surface area contributed by atoms with E-state index in [4.69, 9.17) is 0 Å². The zero-order valence-electron chi connectivity index (χ0n) is 8.46. The first kappa shape index (κ1) is 11.9. The molecule has 1 aromatic heterocycles. The van der Waals surface area contributed by atoms with Gasteiger partial charge in [0.1, 0.15) is 0 Å². The van der Waals surface area contributed by atoms with Gasteiger partial charge < -0.3 is 5.32 Å². The summed E-state index contributed by atoms with van der Waals surface area (Å²) in [6, 6.07) is 2.58. The largest absolute Gasteiger partial charge is 0.380 e. The monoisotopic (exact) mass is 274 g/mol. The average molecular weight is 275 g/mol. The van der Waals surface area contributed by atoms with Gasteiger partial charge in [-0.05, 0) is 34.7 Å². The molecule has 1 rings (SSSR count). The van der Waals surface area contributed by atoms with E-state index in [-0.39, 0.29) is 0 Å². The summed E-state index contributed by atoms with van der Waals surface area (Å²) in [5, 5.41) is 3.46. The number of thioether (sulfide) groups is 1. The van der Waals surface area contributed by atoms with Crippen LogP contribution in [-0.2, 0) is 0 Å². The highest BCUT2D eigenvalue weighted by Gasteiger charge is 2.04. The maximum atomic E-state index is 4.12. The molecule has 78 valence electrons. The molecule has 1 unspecified atom stereocenters. The standard InChI is InChI=1S/C10H15BrN2S/c1-3-9(7-14-2)13-10-4-8(11)5-12-6-10/h4-6,9,13H,3,7H2,1-2H3. The zero-order valence-corrected chi connectivity index (χ0v) is 10.9. The Hall–Kier alpha value is -0.220. The van der Waals surface area contributed by atoms with Gasteiger partial charge in [-0.2, -0.15) is 11.8 Å². The summed E-state index contributed by atoms with van der Waals surface area (Å²) in [5.74, 6) is 1.13. The van der Waals surface area contributed by atoms with Crippen LogP contribution in [0.1, 0.15) is 13.3 Å². The summed E-state index contributed by atoms with van der Waals surface area (Å²) < 4.78 is 1.02. The lowest BCUT2D eigenvalue weighted by Gasteiger charge is -2.16. The van der Waals surface area contributed by atoms with Gasteiger partial charge in [0, 0.05) is 22.5 Å². The fraction of sp³-hybridized carbons (Fsp3) is 0.500. The molecule has 4 heteroatoms. The van der Waals surface area contributed by atoms with E-state index in [1.54, 1.807) is 6.20 Å². The van der Waals surface area contributed by atoms with Gasteiger partial charge >= 0.3 is 0 Å². The lowest BCUT2D eigenvalue weighted by atomic mass is 10.2. The second-order valence-corrected chi connectivity index (χ2v) is 4.92. The first-order valence-corrected chi connectivity index (χ1v) is 6.81. The maximum Gasteiger partial charge on any atom is 0.0540 e. The van der Waals surface area contributed by atoms with E-state index < -0.39 is 0 Å². The summed E-state index contributed by atoms with van der Waals surface area (Å²) in [4.78, 5) is 4.12. The summed E-state index contributed by atoms with van der Waals surface area (Å²) in [6.45, 7) is 2.19. The molecule has 14 heavy (non-hydrogen) atoms. The van der Waals surface area contributed by atoms with E-state index in [2.05, 4.69) is 45.5 Å². The molecule has 0 amide bonds. The van der Waals surface area contributed by atoms with Crippen LogP contribution in [0.5, 0.6) is 0 Å². The Morgan fingerprint density at radius 3 is 2.93 bits per heavy atom. The third-order valence-corrected chi connectivity index (χ3v) is 3.11. The predicted molar refractivity (Wildman–Crippen MR) is 68.0 cm³/mol. The molecular weight excluding hydrogens is 260 g/mol. The fourth-order valence-electron chi connectivity index (χ4n) is 1.19. The number of hydrogen-bond acceptors (Lipinski definition) is 3. The Balaban J connectivity index is 2.57. The Morgan fingerprint density at radius 1 is 1.57 bits per heavy atom. The predicted octanol–water partition coefficient (Wildman–Crippen LogP) is 3.40. The SMILES string of the molecule is CCC(CSC)Nc1cncc(Br)c1. The maximum absolute atomic E-state index is 4.12. The molecule has 1 N–H and O–H groups in total. The summed E-state index contributed by atoms with van der Waals surface area (Å²) in [7, 11) is 0. The van der Waals surface area contributed by atoms with Crippen LogP contribution in [0.2, 0.25) is 0 Å². The van der Waals surface area contributed by atoms with Crippen molar-refractivity contribution in [1.82, 2.24) is 4.98 Å². The van der Waals surface area contributed by atoms with Crippen LogP contribution in [0.15, 0.2) is 22.9 Å². The minimum absolute atomic E-state index is 0.529. The van der Waals surface area contributed by atoms with Gasteiger partial charge in [0.15, 0.2) is 0 Å². The molecule has 2 nitrogen and oxygen atoms in total. The van der Waals surface area contributed by atoms with E-state index in [0.717, 1.165) is 22.3 Å². The average Bonchev–Trinajstić information content (AvgIpc) is 2.17. The summed E-state index contributed by atoms with van der Waals surface area (Å²) in [5.41, 5.74) is 1.08. The van der Waals surface area contributed by atoms with Crippen molar-refractivity contribution in [3.05, 3.63) is 22.9 Å². The minimum Gasteiger partial charge on any atom is -0.380 e. The lowest BCUT2D eigenvalue weighted by molar-refractivity contribution is 0.774. The number of hydrogen-bond donors (Lipinski definition) is 1. The topological polar surface area (TPSA) is 24.9 Å². The highest BCUT2D eigenvalue weighted by molar-refractivity contribution is 9.10. The second kappa shape index (κ2) is 6.30. The van der Waals surface area contributed by atoms with Gasteiger partial charge in [-0.1, -0.05) is 6.92 Å². The van der Waals surface area contributed by atoms with E-state index in [9.17, 15) is 0 Å². The molecule has 0 bridgehead atoms. The third-order valence-electron chi connectivity index (χ3n) is 1.94. The van der Waals surface area contributed by atoms with Crippen LogP contribution < -0.4 is 5.32 Å². The Morgan fingerprint density at radius 2 is 2.36 bits per heavy atom. The number of halogens is 1. The van der Waals surface area contributed by atoms with Gasteiger partial charge in [0.05, 0.1) is 11.9 Å². The highest BCUT2D eigenvalue weighted by atomic mass is 79.9. The van der Waals surface area contributed by atoms with Crippen molar-refractivity contribution in [2.45, 2.75) is 19.4 Å². The molecule has 1 atom stereocenters. The lowest BCUT2D eigenvalue weighted by Crippen LogP contribution is -2.21. The summed E-state index contributed by atoms with van der Waals surface area (Å²) in [6.07, 6.45) is 6.91. The van der Waals surface area contributed by atoms with Gasteiger partial charge in [0.2, 0.25) is 0 Å². The molecular formula is C10H15BrN2S. The molecule has 0 spiro atoms. The van der Waals surface area contributed by atoms with Crippen molar-refractivity contribution in [3.63, 3.8) is 0 Å². The van der Waals surface area contributed by atoms with Crippen molar-refractivity contribution in [1.29, 1.82) is 0 Å². The van der Waals surface area contributed by atoms with Crippen molar-refractivity contribution >= 4 is 33.4 Å². The van der Waals surface area contributed by atoms with Crippen LogP contribution in [0, 0.1) is 0 Å². The van der Waals surface area contributed by atoms with Gasteiger partial charge in [-0.15, -0.1) is 0 Å². The Kier molecular flexibility index (Phi) is 5.33. The minimum atomic E-state index is 0.529. The second-order valence-electron chi connectivity index (χ2n) is 3.10. The fourth-order valence-corrected chi connectivity index (χ4v) is 2.28. The number of nitrogens with zero attached hydrogens (tertiary/aromatic N) is 1. The van der Waals surface area contributed by atoms with E-state index in [1.165, 1.54) is 0 Å². The molecule has 0 saturated carbocycles. The van der Waals surface area contributed by atoms with Gasteiger partial charge in [-0.25, -0.2) is 0 Å². The molecule has 0 aliphatic heterocycles. The molecule has 0 saturated heterocycles. The van der Waals surface area contributed by atoms with Crippen molar-refractivity contribution in [2.75, 3.05) is 17.3 Å². The van der Waals surface area contributed by atoms with Gasteiger partial charge in [0.25, 0.3) is 0 Å². The molecule has 0 aliphatic carbocycles. The number of anilines is 1. The first-order valence-electron chi connectivity index (χ1n) is 4.62.